The van der Waals surface area contributed by atoms with E-state index >= 15 is 0 Å². The maximum atomic E-state index is 11.6. The molecule has 1 N–H and O–H groups in total. The van der Waals surface area contributed by atoms with Gasteiger partial charge in [0.05, 0.1) is 12.3 Å². The Morgan fingerprint density at radius 1 is 1.56 bits per heavy atom. The molecule has 0 radical (unpaired) electrons. The number of anilines is 1. The van der Waals surface area contributed by atoms with Crippen LogP contribution in [0.3, 0.4) is 0 Å². The van der Waals surface area contributed by atoms with Crippen molar-refractivity contribution in [2.75, 3.05) is 18.1 Å². The van der Waals surface area contributed by atoms with Gasteiger partial charge in [-0.1, -0.05) is 12.1 Å². The van der Waals surface area contributed by atoms with Crippen molar-refractivity contribution in [2.24, 2.45) is 0 Å². The lowest BCUT2D eigenvalue weighted by molar-refractivity contribution is -0.121. The zero-order chi connectivity index (χ0) is 11.5. The van der Waals surface area contributed by atoms with E-state index in [9.17, 15) is 4.79 Å². The largest absolute Gasteiger partial charge is 0.482 e. The first-order valence-corrected chi connectivity index (χ1v) is 5.04. The Morgan fingerprint density at radius 2 is 2.38 bits per heavy atom. The number of hydrogen-bond donors (Lipinski definition) is 1. The molecule has 1 aromatic carbocycles. The van der Waals surface area contributed by atoms with Crippen molar-refractivity contribution in [3.8, 4) is 5.75 Å². The van der Waals surface area contributed by atoms with Crippen molar-refractivity contribution in [3.63, 3.8) is 0 Å². The van der Waals surface area contributed by atoms with E-state index in [4.69, 9.17) is 9.84 Å². The molecular formula is C12H13NO3. The maximum Gasteiger partial charge on any atom is 0.265 e. The van der Waals surface area contributed by atoms with E-state index in [0.29, 0.717) is 18.0 Å². The fraction of sp³-hybridized carbons (Fsp3) is 0.250. The molecule has 0 fully saturated rings. The fourth-order valence-corrected chi connectivity index (χ4v) is 1.68. The summed E-state index contributed by atoms with van der Waals surface area (Å²) in [5, 5.41) is 9.06. The number of fused-ring (bicyclic) bond motifs is 1. The predicted octanol–water partition coefficient (Wildman–Crippen LogP) is 1.09. The van der Waals surface area contributed by atoms with Crippen LogP contribution in [0, 0.1) is 0 Å². The second kappa shape index (κ2) is 4.37. The summed E-state index contributed by atoms with van der Waals surface area (Å²) in [5.74, 6) is 0.570. The molecule has 1 aliphatic rings. The molecule has 1 heterocycles. The van der Waals surface area contributed by atoms with Crippen LogP contribution in [0.25, 0.3) is 0 Å². The summed E-state index contributed by atoms with van der Waals surface area (Å²) in [6, 6.07) is 5.31. The summed E-state index contributed by atoms with van der Waals surface area (Å²) in [6.07, 6.45) is 1.67. The summed E-state index contributed by atoms with van der Waals surface area (Å²) in [4.78, 5) is 13.2. The van der Waals surface area contributed by atoms with Gasteiger partial charge < -0.3 is 14.7 Å². The van der Waals surface area contributed by atoms with Gasteiger partial charge in [0.25, 0.3) is 5.91 Å². The Morgan fingerprint density at radius 3 is 3.06 bits per heavy atom. The van der Waals surface area contributed by atoms with Gasteiger partial charge in [-0.05, 0) is 17.7 Å². The molecule has 2 rings (SSSR count). The first-order chi connectivity index (χ1) is 7.76. The summed E-state index contributed by atoms with van der Waals surface area (Å²) in [7, 11) is 0. The lowest BCUT2D eigenvalue weighted by Gasteiger charge is -2.28. The van der Waals surface area contributed by atoms with Gasteiger partial charge in [-0.3, -0.25) is 4.79 Å². The van der Waals surface area contributed by atoms with Crippen LogP contribution < -0.4 is 9.64 Å². The number of carbonyl (C=O) groups is 1. The highest BCUT2D eigenvalue weighted by molar-refractivity contribution is 5.98. The topological polar surface area (TPSA) is 49.8 Å². The van der Waals surface area contributed by atoms with Gasteiger partial charge in [-0.15, -0.1) is 6.58 Å². The average molecular weight is 219 g/mol. The number of aliphatic hydroxyl groups is 1. The summed E-state index contributed by atoms with van der Waals surface area (Å²) in [6.45, 7) is 4.07. The van der Waals surface area contributed by atoms with Crippen LogP contribution in [0.1, 0.15) is 5.56 Å². The van der Waals surface area contributed by atoms with Gasteiger partial charge in [-0.25, -0.2) is 0 Å². The van der Waals surface area contributed by atoms with E-state index in [1.54, 1.807) is 29.2 Å². The van der Waals surface area contributed by atoms with Gasteiger partial charge in [-0.2, -0.15) is 0 Å². The Hall–Kier alpha value is -1.81. The van der Waals surface area contributed by atoms with Crippen molar-refractivity contribution in [1.82, 2.24) is 0 Å². The molecule has 0 bridgehead atoms. The molecule has 16 heavy (non-hydrogen) atoms. The second-order valence-electron chi connectivity index (χ2n) is 3.54. The smallest absolute Gasteiger partial charge is 0.265 e. The van der Waals surface area contributed by atoms with Crippen LogP contribution in [-0.4, -0.2) is 24.2 Å². The van der Waals surface area contributed by atoms with E-state index in [-0.39, 0.29) is 19.1 Å². The molecule has 1 amide bonds. The number of benzene rings is 1. The molecule has 0 saturated heterocycles. The average Bonchev–Trinajstić information content (AvgIpc) is 2.32. The molecule has 0 spiro atoms. The van der Waals surface area contributed by atoms with Gasteiger partial charge in [0.1, 0.15) is 5.75 Å². The standard InChI is InChI=1S/C12H13NO3/c1-2-5-13-10-6-9(7-14)3-4-11(10)16-8-12(13)15/h2-4,6,14H,1,5,7-8H2. The Balaban J connectivity index is 2.43. The number of amides is 1. The van der Waals surface area contributed by atoms with Crippen LogP contribution in [0.5, 0.6) is 5.75 Å². The lowest BCUT2D eigenvalue weighted by atomic mass is 10.1. The first-order valence-electron chi connectivity index (χ1n) is 5.04. The summed E-state index contributed by atoms with van der Waals surface area (Å²) < 4.78 is 5.30. The van der Waals surface area contributed by atoms with Crippen molar-refractivity contribution < 1.29 is 14.6 Å². The number of carbonyl (C=O) groups excluding carboxylic acids is 1. The lowest BCUT2D eigenvalue weighted by Crippen LogP contribution is -2.38. The van der Waals surface area contributed by atoms with Crippen LogP contribution >= 0.6 is 0 Å². The highest BCUT2D eigenvalue weighted by atomic mass is 16.5. The molecular weight excluding hydrogens is 206 g/mol. The highest BCUT2D eigenvalue weighted by Gasteiger charge is 2.24. The third-order valence-corrected chi connectivity index (χ3v) is 2.46. The van der Waals surface area contributed by atoms with Crippen molar-refractivity contribution >= 4 is 11.6 Å². The third kappa shape index (κ3) is 1.79. The zero-order valence-corrected chi connectivity index (χ0v) is 8.85. The number of rotatable bonds is 3. The highest BCUT2D eigenvalue weighted by Crippen LogP contribution is 2.32. The van der Waals surface area contributed by atoms with Crippen molar-refractivity contribution in [2.45, 2.75) is 6.61 Å². The van der Waals surface area contributed by atoms with Crippen molar-refractivity contribution in [3.05, 3.63) is 36.4 Å². The van der Waals surface area contributed by atoms with E-state index < -0.39 is 0 Å². The normalized spacial score (nSPS) is 14.3. The fourth-order valence-electron chi connectivity index (χ4n) is 1.68. The Bertz CT molecular complexity index is 428. The molecule has 0 aromatic heterocycles. The maximum absolute atomic E-state index is 11.6. The first kappa shape index (κ1) is 10.7. The SMILES string of the molecule is C=CCN1C(=O)COc2ccc(CO)cc21. The molecule has 84 valence electrons. The van der Waals surface area contributed by atoms with Gasteiger partial charge in [0.2, 0.25) is 0 Å². The Kier molecular flexibility index (Phi) is 2.92. The third-order valence-electron chi connectivity index (χ3n) is 2.46. The number of aliphatic hydroxyl groups excluding tert-OH is 1. The molecule has 0 saturated carbocycles. The monoisotopic (exact) mass is 219 g/mol. The van der Waals surface area contributed by atoms with E-state index in [2.05, 4.69) is 6.58 Å². The number of nitrogens with zero attached hydrogens (tertiary/aromatic N) is 1. The molecule has 1 aliphatic heterocycles. The minimum absolute atomic E-state index is 0.0522. The van der Waals surface area contributed by atoms with Crippen LogP contribution in [0.15, 0.2) is 30.9 Å². The molecule has 0 atom stereocenters. The minimum atomic E-state index is -0.0949. The zero-order valence-electron chi connectivity index (χ0n) is 8.85. The van der Waals surface area contributed by atoms with Gasteiger partial charge in [0, 0.05) is 6.54 Å². The number of hydrogen-bond acceptors (Lipinski definition) is 3. The van der Waals surface area contributed by atoms with E-state index in [0.717, 1.165) is 5.56 Å². The summed E-state index contributed by atoms with van der Waals surface area (Å²) >= 11 is 0. The quantitative estimate of drug-likeness (QED) is 0.774. The van der Waals surface area contributed by atoms with E-state index in [1.165, 1.54) is 0 Å². The molecule has 0 aliphatic carbocycles. The van der Waals surface area contributed by atoms with Crippen LogP contribution in [-0.2, 0) is 11.4 Å². The van der Waals surface area contributed by atoms with Crippen LogP contribution in [0.4, 0.5) is 5.69 Å². The Labute approximate surface area is 93.8 Å². The molecule has 4 nitrogen and oxygen atoms in total. The summed E-state index contributed by atoms with van der Waals surface area (Å²) in [5.41, 5.74) is 1.45. The van der Waals surface area contributed by atoms with E-state index in [1.807, 2.05) is 0 Å². The van der Waals surface area contributed by atoms with Crippen molar-refractivity contribution in [1.29, 1.82) is 0 Å². The predicted molar refractivity (Wildman–Crippen MR) is 60.4 cm³/mol. The minimum Gasteiger partial charge on any atom is -0.482 e. The van der Waals surface area contributed by atoms with Gasteiger partial charge >= 0.3 is 0 Å². The second-order valence-corrected chi connectivity index (χ2v) is 3.54. The van der Waals surface area contributed by atoms with Crippen LogP contribution in [0.2, 0.25) is 0 Å². The molecule has 0 unspecified atom stereocenters. The molecule has 1 aromatic rings. The van der Waals surface area contributed by atoms with Gasteiger partial charge in [0.15, 0.2) is 6.61 Å². The molecule has 4 heteroatoms. The number of ether oxygens (including phenoxy) is 1.